The van der Waals surface area contributed by atoms with Gasteiger partial charge in [-0.05, 0) is 37.1 Å². The van der Waals surface area contributed by atoms with Gasteiger partial charge < -0.3 is 19.3 Å². The van der Waals surface area contributed by atoms with Crippen LogP contribution in [0.2, 0.25) is 25.7 Å². The van der Waals surface area contributed by atoms with Crippen LogP contribution < -0.4 is 4.90 Å². The molecule has 1 aromatic carbocycles. The molecular weight excluding hydrogens is 464 g/mol. The van der Waals surface area contributed by atoms with Crippen LogP contribution in [0.3, 0.4) is 0 Å². The quantitative estimate of drug-likeness (QED) is 0.450. The van der Waals surface area contributed by atoms with E-state index in [9.17, 15) is 14.4 Å². The Morgan fingerprint density at radius 3 is 2.60 bits per heavy atom. The number of nitrogens with zero attached hydrogens (tertiary/aromatic N) is 4. The van der Waals surface area contributed by atoms with Gasteiger partial charge >= 0.3 is 12.1 Å². The van der Waals surface area contributed by atoms with Crippen molar-refractivity contribution in [2.24, 2.45) is 5.41 Å². The van der Waals surface area contributed by atoms with Gasteiger partial charge in [0.2, 0.25) is 5.91 Å². The molecule has 1 aromatic heterocycles. The van der Waals surface area contributed by atoms with Crippen molar-refractivity contribution in [2.75, 3.05) is 37.9 Å². The third-order valence-electron chi connectivity index (χ3n) is 7.61. The molecule has 3 aliphatic rings. The molecule has 10 heteroatoms. The first-order chi connectivity index (χ1) is 16.6. The molecule has 2 aromatic rings. The molecule has 35 heavy (non-hydrogen) atoms. The highest BCUT2D eigenvalue weighted by Crippen LogP contribution is 2.54. The lowest BCUT2D eigenvalue weighted by atomic mass is 9.60. The Balaban J connectivity index is 1.29. The molecule has 1 N–H and O–H groups in total. The summed E-state index contributed by atoms with van der Waals surface area (Å²) >= 11 is 0. The van der Waals surface area contributed by atoms with E-state index in [1.807, 2.05) is 18.2 Å². The molecule has 0 atom stereocenters. The summed E-state index contributed by atoms with van der Waals surface area (Å²) in [6.45, 7) is 8.94. The number of aromatic nitrogens is 1. The predicted octanol–water partition coefficient (Wildman–Crippen LogP) is 4.43. The van der Waals surface area contributed by atoms with Crippen LogP contribution in [0, 0.1) is 5.41 Å². The molecule has 188 valence electrons. The van der Waals surface area contributed by atoms with Crippen molar-refractivity contribution in [3.05, 3.63) is 30.5 Å². The number of anilines is 1. The molecule has 1 saturated carbocycles. The van der Waals surface area contributed by atoms with Gasteiger partial charge in [-0.1, -0.05) is 25.7 Å². The van der Waals surface area contributed by atoms with Crippen LogP contribution in [-0.4, -0.2) is 78.6 Å². The Morgan fingerprint density at radius 2 is 1.91 bits per heavy atom. The number of likely N-dealkylation sites (tertiary alicyclic amines) is 1. The number of carbonyl (C=O) groups excluding carboxylic acids is 2. The van der Waals surface area contributed by atoms with E-state index in [1.54, 1.807) is 4.90 Å². The van der Waals surface area contributed by atoms with Gasteiger partial charge in [0.25, 0.3) is 0 Å². The van der Waals surface area contributed by atoms with Crippen molar-refractivity contribution in [1.82, 2.24) is 14.4 Å². The van der Waals surface area contributed by atoms with Gasteiger partial charge in [-0.25, -0.2) is 14.5 Å². The van der Waals surface area contributed by atoms with Gasteiger partial charge in [-0.3, -0.25) is 9.69 Å². The summed E-state index contributed by atoms with van der Waals surface area (Å²) in [5, 5.41) is 10.1. The highest BCUT2D eigenvalue weighted by atomic mass is 28.3. The molecule has 1 spiro atoms. The fraction of sp³-hybridized carbons (Fsp3) is 0.560. The first-order valence-corrected chi connectivity index (χ1v) is 16.0. The molecule has 4 amide bonds. The Hall–Kier alpha value is -2.85. The molecule has 3 heterocycles. The van der Waals surface area contributed by atoms with Gasteiger partial charge in [-0.2, -0.15) is 0 Å². The first kappa shape index (κ1) is 23.9. The largest absolute Gasteiger partial charge is 0.465 e. The van der Waals surface area contributed by atoms with Crippen LogP contribution in [0.5, 0.6) is 0 Å². The summed E-state index contributed by atoms with van der Waals surface area (Å²) in [6.07, 6.45) is 3.42. The number of carbonyl (C=O) groups is 3. The third kappa shape index (κ3) is 4.45. The van der Waals surface area contributed by atoms with Crippen molar-refractivity contribution < 1.29 is 24.2 Å². The van der Waals surface area contributed by atoms with Crippen LogP contribution in [0.4, 0.5) is 15.3 Å². The van der Waals surface area contributed by atoms with Crippen molar-refractivity contribution in [3.63, 3.8) is 0 Å². The lowest BCUT2D eigenvalue weighted by Crippen LogP contribution is -2.63. The maximum Gasteiger partial charge on any atom is 0.407 e. The lowest BCUT2D eigenvalue weighted by Gasteiger charge is -2.58. The fourth-order valence-electron chi connectivity index (χ4n) is 5.59. The zero-order chi connectivity index (χ0) is 25.0. The summed E-state index contributed by atoms with van der Waals surface area (Å²) in [4.78, 5) is 41.3. The molecule has 2 saturated heterocycles. The Bertz CT molecular complexity index is 1160. The van der Waals surface area contributed by atoms with E-state index in [0.29, 0.717) is 32.3 Å². The summed E-state index contributed by atoms with van der Waals surface area (Å²) in [5.74, 6) is -0.195. The summed E-state index contributed by atoms with van der Waals surface area (Å²) < 4.78 is 7.98. The van der Waals surface area contributed by atoms with Crippen LogP contribution in [0.1, 0.15) is 25.3 Å². The van der Waals surface area contributed by atoms with Gasteiger partial charge in [0, 0.05) is 63.8 Å². The maximum atomic E-state index is 13.3. The van der Waals surface area contributed by atoms with Gasteiger partial charge in [0.05, 0.1) is 11.2 Å². The predicted molar refractivity (Wildman–Crippen MR) is 135 cm³/mol. The Morgan fingerprint density at radius 1 is 1.17 bits per heavy atom. The minimum absolute atomic E-state index is 0.00679. The van der Waals surface area contributed by atoms with Crippen LogP contribution >= 0.6 is 0 Å². The number of ether oxygens (including phenoxy) is 1. The lowest BCUT2D eigenvalue weighted by molar-refractivity contribution is -0.133. The number of rotatable bonds is 7. The van der Waals surface area contributed by atoms with Crippen molar-refractivity contribution in [2.45, 2.75) is 51.0 Å². The zero-order valence-corrected chi connectivity index (χ0v) is 21.7. The number of imide groups is 1. The molecule has 2 aliphatic heterocycles. The second-order valence-electron chi connectivity index (χ2n) is 11.5. The second-order valence-corrected chi connectivity index (χ2v) is 17.1. The standard InChI is InChI=1S/C25H34N4O5Si/c1-35(2,3)12-11-34-17-29-22(30)8-10-28(23(29)31)21-6-4-5-20-19(21)7-9-27(20)18-13-25(14-18)15-26(16-25)24(32)33/h4-7,9,18H,8,10-17H2,1-3H3,(H,32,33). The molecule has 0 radical (unpaired) electrons. The number of fused-ring (bicyclic) bond motifs is 1. The molecule has 9 nitrogen and oxygen atoms in total. The van der Waals surface area contributed by atoms with Gasteiger partial charge in [-0.15, -0.1) is 0 Å². The number of amides is 4. The molecule has 3 fully saturated rings. The smallest absolute Gasteiger partial charge is 0.407 e. The molecular formula is C25H34N4O5Si. The molecule has 1 aliphatic carbocycles. The highest BCUT2D eigenvalue weighted by molar-refractivity contribution is 6.76. The first-order valence-electron chi connectivity index (χ1n) is 12.3. The van der Waals surface area contributed by atoms with Crippen LogP contribution in [-0.2, 0) is 9.53 Å². The average molecular weight is 499 g/mol. The number of carboxylic acid groups (broad SMARTS) is 1. The summed E-state index contributed by atoms with van der Waals surface area (Å²) in [7, 11) is -1.25. The van der Waals surface area contributed by atoms with E-state index in [0.717, 1.165) is 35.5 Å². The van der Waals surface area contributed by atoms with Gasteiger partial charge in [0.15, 0.2) is 0 Å². The van der Waals surface area contributed by atoms with Crippen molar-refractivity contribution >= 4 is 42.7 Å². The summed E-state index contributed by atoms with van der Waals surface area (Å²) in [5.41, 5.74) is 1.98. The number of benzene rings is 1. The fourth-order valence-corrected chi connectivity index (χ4v) is 6.35. The minimum atomic E-state index is -1.25. The third-order valence-corrected chi connectivity index (χ3v) is 9.32. The van der Waals surface area contributed by atoms with Gasteiger partial charge in [0.1, 0.15) is 6.73 Å². The van der Waals surface area contributed by atoms with Crippen LogP contribution in [0.25, 0.3) is 10.9 Å². The maximum absolute atomic E-state index is 13.3. The zero-order valence-electron chi connectivity index (χ0n) is 20.7. The van der Waals surface area contributed by atoms with Crippen molar-refractivity contribution in [1.29, 1.82) is 0 Å². The van der Waals surface area contributed by atoms with E-state index in [2.05, 4.69) is 36.5 Å². The summed E-state index contributed by atoms with van der Waals surface area (Å²) in [6, 6.07) is 8.97. The average Bonchev–Trinajstić information content (AvgIpc) is 3.14. The normalized spacial score (nSPS) is 20.5. The number of hydrogen-bond acceptors (Lipinski definition) is 4. The molecule has 0 bridgehead atoms. The van der Waals surface area contributed by atoms with E-state index < -0.39 is 14.2 Å². The van der Waals surface area contributed by atoms with E-state index in [4.69, 9.17) is 9.84 Å². The Kier molecular flexibility index (Phi) is 5.91. The van der Waals surface area contributed by atoms with Crippen LogP contribution in [0.15, 0.2) is 30.5 Å². The number of urea groups is 1. The van der Waals surface area contributed by atoms with E-state index in [1.165, 1.54) is 9.80 Å². The Labute approximate surface area is 206 Å². The molecule has 0 unspecified atom stereocenters. The minimum Gasteiger partial charge on any atom is -0.465 e. The van der Waals surface area contributed by atoms with E-state index in [-0.39, 0.29) is 30.5 Å². The second kappa shape index (κ2) is 8.67. The molecule has 5 rings (SSSR count). The monoisotopic (exact) mass is 498 g/mol. The SMILES string of the molecule is C[Si](C)(C)CCOCN1C(=O)CCN(c2cccc3c2ccn3C2CC3(C2)CN(C(=O)O)C3)C1=O. The number of hydrogen-bond donors (Lipinski definition) is 1. The topological polar surface area (TPSA) is 95.3 Å². The van der Waals surface area contributed by atoms with E-state index >= 15 is 0 Å². The van der Waals surface area contributed by atoms with Crippen molar-refractivity contribution in [3.8, 4) is 0 Å². The highest BCUT2D eigenvalue weighted by Gasteiger charge is 2.54.